The highest BCUT2D eigenvalue weighted by molar-refractivity contribution is 7.98. The lowest BCUT2D eigenvalue weighted by atomic mass is 10.00. The molecule has 24 heteroatoms. The molecule has 0 bridgehead atoms. The number of carboxylic acid groups (broad SMARTS) is 1. The topological polar surface area (TPSA) is 383 Å². The number of thioether (sulfide) groups is 1. The van der Waals surface area contributed by atoms with Gasteiger partial charge in [-0.1, -0.05) is 26.0 Å². The fourth-order valence-electron chi connectivity index (χ4n) is 6.61. The first-order chi connectivity index (χ1) is 30.2. The minimum absolute atomic E-state index is 0.0149. The first kappa shape index (κ1) is 54.4. The maximum atomic E-state index is 14.1. The lowest BCUT2D eigenvalue weighted by molar-refractivity contribution is -0.145. The summed E-state index contributed by atoms with van der Waals surface area (Å²) in [4.78, 5) is 111. The van der Waals surface area contributed by atoms with Gasteiger partial charge in [0.15, 0.2) is 5.96 Å². The predicted octanol–water partition coefficient (Wildman–Crippen LogP) is -3.90. The van der Waals surface area contributed by atoms with E-state index in [1.165, 1.54) is 47.9 Å². The number of rotatable bonds is 27. The van der Waals surface area contributed by atoms with E-state index in [1.54, 1.807) is 0 Å². The van der Waals surface area contributed by atoms with Crippen molar-refractivity contribution in [2.24, 2.45) is 28.1 Å². The Balaban J connectivity index is 2.21. The van der Waals surface area contributed by atoms with E-state index in [-0.39, 0.29) is 62.8 Å². The third kappa shape index (κ3) is 18.6. The van der Waals surface area contributed by atoms with Gasteiger partial charge in [0.1, 0.15) is 42.0 Å². The number of amides is 7. The number of aliphatic imine (C=N–C) groups is 1. The molecule has 358 valence electrons. The number of carbonyl (C=O) groups is 8. The number of aliphatic hydroxyl groups is 2. The summed E-state index contributed by atoms with van der Waals surface area (Å²) in [6.45, 7) is 3.44. The minimum Gasteiger partial charge on any atom is -0.508 e. The van der Waals surface area contributed by atoms with Crippen molar-refractivity contribution in [3.8, 4) is 5.75 Å². The first-order valence-electron chi connectivity index (χ1n) is 20.9. The van der Waals surface area contributed by atoms with E-state index in [9.17, 15) is 58.8 Å². The standard InChI is InChI=1S/C40H65N11O12S/c1-21(2)17-28(38(61)51-15-6-8-30(51)36(59)47-26(39(62)63)7-5-14-44-40(42)43)48-35(58)27(18-23-9-11-24(54)12-10-23)46-31(55)19-45-34(57)29(20-52)49-37(60)32(22(3)53)50-33(56)25(41)13-16-64-4/h9-12,21-22,25-30,32,52-54H,5-8,13-20,41H2,1-4H3,(H,45,57)(H,46,55)(H,47,59)(H,48,58)(H,49,60)(H,50,56)(H,62,63)(H4,42,43,44)/t22-,25+,26+,27+,28+,29+,30+,32+/m1/s1. The van der Waals surface area contributed by atoms with Crippen LogP contribution in [0.4, 0.5) is 0 Å². The third-order valence-corrected chi connectivity index (χ3v) is 10.7. The second-order valence-corrected chi connectivity index (χ2v) is 16.8. The Kier molecular flexibility index (Phi) is 23.3. The molecule has 1 aromatic carbocycles. The molecule has 0 saturated carbocycles. The van der Waals surface area contributed by atoms with Gasteiger partial charge in [-0.3, -0.25) is 38.6 Å². The van der Waals surface area contributed by atoms with Crippen LogP contribution in [0.3, 0.4) is 0 Å². The number of phenols is 1. The molecular weight excluding hydrogens is 859 g/mol. The van der Waals surface area contributed by atoms with Crippen LogP contribution in [0.25, 0.3) is 0 Å². The highest BCUT2D eigenvalue weighted by Gasteiger charge is 2.40. The van der Waals surface area contributed by atoms with Crippen molar-refractivity contribution in [3.63, 3.8) is 0 Å². The third-order valence-electron chi connectivity index (χ3n) is 10.0. The number of hydrogen-bond donors (Lipinski definition) is 13. The molecule has 64 heavy (non-hydrogen) atoms. The molecule has 16 N–H and O–H groups in total. The zero-order chi connectivity index (χ0) is 48.1. The summed E-state index contributed by atoms with van der Waals surface area (Å²) in [5.41, 5.74) is 17.0. The molecule has 7 amide bonds. The number of hydrogen-bond acceptors (Lipinski definition) is 14. The highest BCUT2D eigenvalue weighted by Crippen LogP contribution is 2.21. The normalized spacial score (nSPS) is 16.8. The van der Waals surface area contributed by atoms with E-state index in [2.05, 4.69) is 36.9 Å². The van der Waals surface area contributed by atoms with Gasteiger partial charge in [-0.15, -0.1) is 0 Å². The second-order valence-electron chi connectivity index (χ2n) is 15.8. The minimum atomic E-state index is -1.63. The Hall–Kier alpha value is -5.72. The number of carboxylic acids is 1. The number of benzene rings is 1. The molecule has 1 fully saturated rings. The van der Waals surface area contributed by atoms with Gasteiger partial charge in [0.25, 0.3) is 0 Å². The van der Waals surface area contributed by atoms with Crippen molar-refractivity contribution in [1.29, 1.82) is 0 Å². The fraction of sp³-hybridized carbons (Fsp3) is 0.625. The van der Waals surface area contributed by atoms with Crippen molar-refractivity contribution < 1.29 is 58.8 Å². The number of nitrogens with zero attached hydrogens (tertiary/aromatic N) is 2. The molecule has 0 aromatic heterocycles. The molecule has 2 rings (SSSR count). The summed E-state index contributed by atoms with van der Waals surface area (Å²) in [7, 11) is 0. The molecule has 0 radical (unpaired) electrons. The van der Waals surface area contributed by atoms with Crippen molar-refractivity contribution in [2.75, 3.05) is 38.2 Å². The Morgan fingerprint density at radius 3 is 2.09 bits per heavy atom. The van der Waals surface area contributed by atoms with Gasteiger partial charge in [-0.2, -0.15) is 11.8 Å². The van der Waals surface area contributed by atoms with Gasteiger partial charge in [0.05, 0.1) is 25.3 Å². The number of phenolic OH excluding ortho intramolecular Hbond substituents is 1. The predicted molar refractivity (Wildman–Crippen MR) is 236 cm³/mol. The molecule has 0 spiro atoms. The van der Waals surface area contributed by atoms with E-state index in [4.69, 9.17) is 17.2 Å². The lowest BCUT2D eigenvalue weighted by Gasteiger charge is -2.31. The average Bonchev–Trinajstić information content (AvgIpc) is 3.73. The largest absolute Gasteiger partial charge is 0.508 e. The number of nitrogens with one attached hydrogen (secondary N) is 6. The smallest absolute Gasteiger partial charge is 0.326 e. The van der Waals surface area contributed by atoms with Crippen molar-refractivity contribution in [3.05, 3.63) is 29.8 Å². The van der Waals surface area contributed by atoms with Gasteiger partial charge in [0.2, 0.25) is 41.4 Å². The summed E-state index contributed by atoms with van der Waals surface area (Å²) in [5, 5.41) is 54.3. The maximum Gasteiger partial charge on any atom is 0.326 e. The molecular formula is C40H65N11O12S. The van der Waals surface area contributed by atoms with Crippen LogP contribution < -0.4 is 49.1 Å². The number of aromatic hydroxyl groups is 1. The molecule has 1 heterocycles. The summed E-state index contributed by atoms with van der Waals surface area (Å²) in [6.07, 6.45) is 1.58. The van der Waals surface area contributed by atoms with E-state index in [1.807, 2.05) is 20.1 Å². The molecule has 8 atom stereocenters. The Bertz CT molecular complexity index is 1780. The Labute approximate surface area is 375 Å². The second kappa shape index (κ2) is 27.5. The van der Waals surface area contributed by atoms with Gasteiger partial charge in [-0.25, -0.2) is 4.79 Å². The highest BCUT2D eigenvalue weighted by atomic mass is 32.2. The fourth-order valence-corrected chi connectivity index (χ4v) is 7.10. The molecule has 0 unspecified atom stereocenters. The molecule has 0 aliphatic carbocycles. The molecule has 23 nitrogen and oxygen atoms in total. The van der Waals surface area contributed by atoms with Gasteiger partial charge in [0, 0.05) is 19.5 Å². The number of aliphatic carboxylic acids is 1. The molecule has 1 aliphatic rings. The van der Waals surface area contributed by atoms with Crippen molar-refractivity contribution in [2.45, 2.75) is 114 Å². The van der Waals surface area contributed by atoms with Crippen LogP contribution in [0.15, 0.2) is 29.3 Å². The molecule has 1 saturated heterocycles. The van der Waals surface area contributed by atoms with Crippen LogP contribution in [0.2, 0.25) is 0 Å². The number of nitrogens with two attached hydrogens (primary N) is 3. The van der Waals surface area contributed by atoms with Crippen LogP contribution in [-0.4, -0.2) is 165 Å². The van der Waals surface area contributed by atoms with Gasteiger partial charge < -0.3 is 74.4 Å². The lowest BCUT2D eigenvalue weighted by Crippen LogP contribution is -2.60. The van der Waals surface area contributed by atoms with E-state index >= 15 is 0 Å². The SMILES string of the molecule is CSCC[C@H](N)C(=O)N[C@H](C(=O)N[C@@H](CO)C(=O)NCC(=O)N[C@@H](Cc1ccc(O)cc1)C(=O)N[C@@H](CC(C)C)C(=O)N1CCC[C@H]1C(=O)N[C@@H](CCCN=C(N)N)C(=O)O)[C@@H](C)O. The first-order valence-corrected chi connectivity index (χ1v) is 22.3. The number of aliphatic hydroxyl groups excluding tert-OH is 2. The molecule has 1 aromatic rings. The van der Waals surface area contributed by atoms with Crippen molar-refractivity contribution >= 4 is 65.0 Å². The van der Waals surface area contributed by atoms with Crippen LogP contribution in [-0.2, 0) is 44.8 Å². The summed E-state index contributed by atoms with van der Waals surface area (Å²) in [6, 6.07) is -3.28. The van der Waals surface area contributed by atoms with E-state index in [0.29, 0.717) is 24.2 Å². The zero-order valence-corrected chi connectivity index (χ0v) is 37.4. The number of guanidine groups is 1. The molecule has 1 aliphatic heterocycles. The monoisotopic (exact) mass is 923 g/mol. The van der Waals surface area contributed by atoms with Crippen LogP contribution in [0.1, 0.15) is 64.9 Å². The van der Waals surface area contributed by atoms with Crippen LogP contribution in [0, 0.1) is 5.92 Å². The summed E-state index contributed by atoms with van der Waals surface area (Å²) in [5.74, 6) is -6.84. The van der Waals surface area contributed by atoms with Gasteiger partial charge in [-0.05, 0) is 81.1 Å². The Morgan fingerprint density at radius 2 is 1.52 bits per heavy atom. The van der Waals surface area contributed by atoms with Gasteiger partial charge >= 0.3 is 5.97 Å². The zero-order valence-electron chi connectivity index (χ0n) is 36.6. The number of likely N-dealkylation sites (tertiary alicyclic amines) is 1. The Morgan fingerprint density at radius 1 is 0.859 bits per heavy atom. The van der Waals surface area contributed by atoms with Crippen LogP contribution >= 0.6 is 11.8 Å². The number of carbonyl (C=O) groups excluding carboxylic acids is 7. The summed E-state index contributed by atoms with van der Waals surface area (Å²) >= 11 is 1.46. The summed E-state index contributed by atoms with van der Waals surface area (Å²) < 4.78 is 0. The maximum absolute atomic E-state index is 14.1. The average molecular weight is 924 g/mol. The van der Waals surface area contributed by atoms with Crippen molar-refractivity contribution in [1.82, 2.24) is 36.8 Å². The van der Waals surface area contributed by atoms with E-state index in [0.717, 1.165) is 0 Å². The quantitative estimate of drug-likeness (QED) is 0.0228. The van der Waals surface area contributed by atoms with E-state index < -0.39 is 109 Å². The van der Waals surface area contributed by atoms with Crippen LogP contribution in [0.5, 0.6) is 5.75 Å².